The third-order valence-corrected chi connectivity index (χ3v) is 2.76. The van der Waals surface area contributed by atoms with Crippen LogP contribution in [0.25, 0.3) is 0 Å². The van der Waals surface area contributed by atoms with Crippen molar-refractivity contribution in [1.29, 1.82) is 0 Å². The van der Waals surface area contributed by atoms with Gasteiger partial charge in [-0.15, -0.1) is 0 Å². The molecule has 0 saturated carbocycles. The number of phosphoric acid groups is 1. The predicted molar refractivity (Wildman–Crippen MR) is 73.5 cm³/mol. The molecule has 0 radical (unpaired) electrons. The SMILES string of the molecule is C=C(C)C(=O)NCNC(=O)COP(=O)([O-])OC[N+](C)(C)C. The summed E-state index contributed by atoms with van der Waals surface area (Å²) in [5, 5.41) is 4.61. The van der Waals surface area contributed by atoms with E-state index < -0.39 is 26.2 Å². The summed E-state index contributed by atoms with van der Waals surface area (Å²) in [6.07, 6.45) is 0. The Labute approximate surface area is 124 Å². The van der Waals surface area contributed by atoms with E-state index in [-0.39, 0.29) is 17.9 Å². The number of nitrogens with one attached hydrogen (secondary N) is 2. The van der Waals surface area contributed by atoms with Gasteiger partial charge in [0.1, 0.15) is 6.61 Å². The van der Waals surface area contributed by atoms with E-state index in [1.165, 1.54) is 6.92 Å². The summed E-state index contributed by atoms with van der Waals surface area (Å²) in [5.41, 5.74) is 0.290. The number of nitrogens with zero attached hydrogens (tertiary/aromatic N) is 1. The molecule has 0 saturated heterocycles. The van der Waals surface area contributed by atoms with E-state index in [1.807, 2.05) is 0 Å². The summed E-state index contributed by atoms with van der Waals surface area (Å²) in [4.78, 5) is 33.8. The van der Waals surface area contributed by atoms with Crippen molar-refractivity contribution in [3.63, 3.8) is 0 Å². The minimum absolute atomic E-state index is 0.114. The fourth-order valence-corrected chi connectivity index (χ4v) is 1.68. The van der Waals surface area contributed by atoms with Crippen LogP contribution in [0.2, 0.25) is 0 Å². The van der Waals surface area contributed by atoms with E-state index in [0.29, 0.717) is 5.57 Å². The third kappa shape index (κ3) is 11.1. The van der Waals surface area contributed by atoms with Crippen molar-refractivity contribution in [3.05, 3.63) is 12.2 Å². The van der Waals surface area contributed by atoms with Crippen LogP contribution in [0.3, 0.4) is 0 Å². The van der Waals surface area contributed by atoms with E-state index in [2.05, 4.69) is 26.3 Å². The van der Waals surface area contributed by atoms with Crippen LogP contribution in [0.4, 0.5) is 0 Å². The Kier molecular flexibility index (Phi) is 7.76. The molecule has 9 nitrogen and oxygen atoms in total. The molecule has 0 aliphatic heterocycles. The standard InChI is InChI=1S/C11H22N3O6P/c1-9(2)11(16)13-7-12-10(15)6-19-21(17,18)20-8-14(3,4)5/h1,6-8H2,2-5H3,(H2-,12,13,15,16,17,18). The Hall–Kier alpha value is -1.25. The zero-order valence-corrected chi connectivity index (χ0v) is 13.6. The van der Waals surface area contributed by atoms with Gasteiger partial charge in [-0.05, 0) is 6.92 Å². The number of phosphoric ester groups is 1. The molecule has 0 rings (SSSR count). The first-order valence-electron chi connectivity index (χ1n) is 6.04. The molecular formula is C11H22N3O6P. The van der Waals surface area contributed by atoms with Crippen molar-refractivity contribution in [3.8, 4) is 0 Å². The second-order valence-corrected chi connectivity index (χ2v) is 6.74. The molecule has 0 aromatic carbocycles. The van der Waals surface area contributed by atoms with Gasteiger partial charge in [0, 0.05) is 5.57 Å². The van der Waals surface area contributed by atoms with Gasteiger partial charge < -0.3 is 24.5 Å². The van der Waals surface area contributed by atoms with Crippen LogP contribution in [0, 0.1) is 0 Å². The smallest absolute Gasteiger partial charge is 0.272 e. The topological polar surface area (TPSA) is 117 Å². The lowest BCUT2D eigenvalue weighted by molar-refractivity contribution is -0.887. The van der Waals surface area contributed by atoms with Crippen molar-refractivity contribution >= 4 is 19.6 Å². The normalized spacial score (nSPS) is 14.1. The van der Waals surface area contributed by atoms with Crippen molar-refractivity contribution in [1.82, 2.24) is 10.6 Å². The van der Waals surface area contributed by atoms with Gasteiger partial charge in [0.05, 0.1) is 27.8 Å². The summed E-state index contributed by atoms with van der Waals surface area (Å²) in [5.74, 6) is -1.13. The molecule has 0 aromatic rings. The van der Waals surface area contributed by atoms with Gasteiger partial charge in [0.25, 0.3) is 7.82 Å². The van der Waals surface area contributed by atoms with Gasteiger partial charge in [0.2, 0.25) is 11.8 Å². The average molecular weight is 323 g/mol. The van der Waals surface area contributed by atoms with Crippen LogP contribution in [0.1, 0.15) is 6.92 Å². The molecule has 21 heavy (non-hydrogen) atoms. The molecule has 2 N–H and O–H groups in total. The second kappa shape index (κ2) is 8.26. The highest BCUT2D eigenvalue weighted by molar-refractivity contribution is 7.45. The third-order valence-electron chi connectivity index (χ3n) is 1.88. The fourth-order valence-electron chi connectivity index (χ4n) is 0.844. The molecule has 0 bridgehead atoms. The average Bonchev–Trinajstić information content (AvgIpc) is 2.33. The van der Waals surface area contributed by atoms with Crippen LogP contribution in [0.15, 0.2) is 12.2 Å². The van der Waals surface area contributed by atoms with E-state index >= 15 is 0 Å². The van der Waals surface area contributed by atoms with Crippen LogP contribution < -0.4 is 15.5 Å². The monoisotopic (exact) mass is 323 g/mol. The highest BCUT2D eigenvalue weighted by Gasteiger charge is 2.17. The number of amides is 2. The van der Waals surface area contributed by atoms with Crippen molar-refractivity contribution < 1.29 is 32.6 Å². The van der Waals surface area contributed by atoms with Crippen LogP contribution in [-0.4, -0.2) is 57.4 Å². The number of carbonyl (C=O) groups excluding carboxylic acids is 2. The van der Waals surface area contributed by atoms with Gasteiger partial charge >= 0.3 is 0 Å². The van der Waals surface area contributed by atoms with Gasteiger partial charge in [-0.3, -0.25) is 18.7 Å². The fraction of sp³-hybridized carbons (Fsp3) is 0.636. The number of quaternary nitrogens is 1. The lowest BCUT2D eigenvalue weighted by Gasteiger charge is -2.28. The lowest BCUT2D eigenvalue weighted by atomic mass is 10.3. The molecule has 2 amide bonds. The summed E-state index contributed by atoms with van der Waals surface area (Å²) >= 11 is 0. The molecule has 0 aliphatic carbocycles. The van der Waals surface area contributed by atoms with Crippen molar-refractivity contribution in [2.45, 2.75) is 6.92 Å². The number of rotatable bonds is 9. The summed E-state index contributed by atoms with van der Waals surface area (Å²) in [6, 6.07) is 0. The largest absolute Gasteiger partial charge is 0.756 e. The van der Waals surface area contributed by atoms with E-state index in [1.54, 1.807) is 21.1 Å². The van der Waals surface area contributed by atoms with Crippen molar-refractivity contribution in [2.75, 3.05) is 41.1 Å². The predicted octanol–water partition coefficient (Wildman–Crippen LogP) is -1.08. The minimum atomic E-state index is -4.54. The van der Waals surface area contributed by atoms with Crippen LogP contribution in [-0.2, 0) is 23.2 Å². The maximum Gasteiger partial charge on any atom is 0.272 e. The van der Waals surface area contributed by atoms with Crippen LogP contribution in [0.5, 0.6) is 0 Å². The van der Waals surface area contributed by atoms with Crippen LogP contribution >= 0.6 is 7.82 Å². The minimum Gasteiger partial charge on any atom is -0.756 e. The highest BCUT2D eigenvalue weighted by Crippen LogP contribution is 2.38. The first-order valence-corrected chi connectivity index (χ1v) is 7.50. The zero-order chi connectivity index (χ0) is 16.7. The Morgan fingerprint density at radius 1 is 1.24 bits per heavy atom. The first kappa shape index (κ1) is 19.8. The Balaban J connectivity index is 3.99. The molecule has 10 heteroatoms. The second-order valence-electron chi connectivity index (χ2n) is 5.33. The molecule has 0 aromatic heterocycles. The number of hydrogen-bond acceptors (Lipinski definition) is 6. The van der Waals surface area contributed by atoms with Gasteiger partial charge in [-0.2, -0.15) is 0 Å². The van der Waals surface area contributed by atoms with Gasteiger partial charge in [0.15, 0.2) is 6.73 Å². The Morgan fingerprint density at radius 3 is 2.29 bits per heavy atom. The molecule has 0 fully saturated rings. The number of hydrogen-bond donors (Lipinski definition) is 2. The van der Waals surface area contributed by atoms with Gasteiger partial charge in [-0.25, -0.2) is 0 Å². The van der Waals surface area contributed by atoms with E-state index in [0.717, 1.165) is 0 Å². The number of carbonyl (C=O) groups is 2. The van der Waals surface area contributed by atoms with Crippen molar-refractivity contribution in [2.24, 2.45) is 0 Å². The van der Waals surface area contributed by atoms with E-state index in [9.17, 15) is 19.0 Å². The molecular weight excluding hydrogens is 301 g/mol. The maximum absolute atomic E-state index is 11.4. The molecule has 1 atom stereocenters. The molecule has 0 aliphatic rings. The zero-order valence-electron chi connectivity index (χ0n) is 12.7. The summed E-state index contributed by atoms with van der Waals surface area (Å²) < 4.78 is 20.6. The molecule has 1 unspecified atom stereocenters. The quantitative estimate of drug-likeness (QED) is 0.241. The molecule has 122 valence electrons. The maximum atomic E-state index is 11.4. The molecule has 0 heterocycles. The summed E-state index contributed by atoms with van der Waals surface area (Å²) in [6.45, 7) is 3.94. The summed E-state index contributed by atoms with van der Waals surface area (Å²) in [7, 11) is 0.662. The van der Waals surface area contributed by atoms with E-state index in [4.69, 9.17) is 0 Å². The Bertz CT molecular complexity index is 446. The first-order chi connectivity index (χ1) is 9.43. The highest BCUT2D eigenvalue weighted by atomic mass is 31.2. The van der Waals surface area contributed by atoms with Gasteiger partial charge in [-0.1, -0.05) is 6.58 Å². The Morgan fingerprint density at radius 2 is 1.81 bits per heavy atom. The lowest BCUT2D eigenvalue weighted by Crippen LogP contribution is -2.39. The molecule has 0 spiro atoms.